The summed E-state index contributed by atoms with van der Waals surface area (Å²) in [4.78, 5) is 0. The molecule has 0 saturated carbocycles. The van der Waals surface area contributed by atoms with Crippen LogP contribution in [0.3, 0.4) is 0 Å². The van der Waals surface area contributed by atoms with Gasteiger partial charge in [-0.1, -0.05) is 69.6 Å². The molecule has 0 spiro atoms. The lowest BCUT2D eigenvalue weighted by Crippen LogP contribution is -2.24. The maximum absolute atomic E-state index is 5.33. The first-order valence-corrected chi connectivity index (χ1v) is 4.57. The number of thiol groups is 1. The lowest BCUT2D eigenvalue weighted by molar-refractivity contribution is 1.10. The van der Waals surface area contributed by atoms with Gasteiger partial charge in [0.25, 0.3) is 0 Å². The summed E-state index contributed by atoms with van der Waals surface area (Å²) < 4.78 is -3.51. The quantitative estimate of drug-likeness (QED) is 0.500. The van der Waals surface area contributed by atoms with Crippen LogP contribution < -0.4 is 0 Å². The monoisotopic (exact) mass is 279 g/mol. The van der Waals surface area contributed by atoms with Crippen LogP contribution in [0, 0.1) is 5.25 Å². The molecule has 0 amide bonds. The van der Waals surface area contributed by atoms with E-state index in [1.807, 2.05) is 0 Å². The standard InChI is InChI=1S/C3HCl6S/c4-2(5,6)1(10)3(7,8)9/h10H. The Bertz CT molecular complexity index is 97.1. The molecule has 0 rings (SSSR count). The molecule has 0 aromatic heterocycles. The van der Waals surface area contributed by atoms with E-state index < -0.39 is 7.59 Å². The average Bonchev–Trinajstić information content (AvgIpc) is 1.59. The highest BCUT2D eigenvalue weighted by molar-refractivity contribution is 7.84. The van der Waals surface area contributed by atoms with Crippen molar-refractivity contribution in [3.63, 3.8) is 0 Å². The van der Waals surface area contributed by atoms with Gasteiger partial charge >= 0.3 is 0 Å². The molecular weight excluding hydrogens is 281 g/mol. The van der Waals surface area contributed by atoms with Crippen LogP contribution in [-0.2, 0) is 0 Å². The molecular formula is C3HCl6S. The molecule has 0 unspecified atom stereocenters. The first kappa shape index (κ1) is 12.1. The first-order valence-electron chi connectivity index (χ1n) is 1.86. The van der Waals surface area contributed by atoms with E-state index in [-0.39, 0.29) is 5.25 Å². The van der Waals surface area contributed by atoms with E-state index in [1.165, 1.54) is 0 Å². The third kappa shape index (κ3) is 4.20. The zero-order valence-corrected chi connectivity index (χ0v) is 9.65. The van der Waals surface area contributed by atoms with Crippen LogP contribution in [0.1, 0.15) is 0 Å². The van der Waals surface area contributed by atoms with Crippen molar-refractivity contribution >= 4 is 82.2 Å². The summed E-state index contributed by atoms with van der Waals surface area (Å²) in [5.41, 5.74) is 0. The maximum Gasteiger partial charge on any atom is 0.210 e. The van der Waals surface area contributed by atoms with E-state index in [2.05, 4.69) is 12.6 Å². The van der Waals surface area contributed by atoms with Crippen molar-refractivity contribution in [3.05, 3.63) is 5.25 Å². The summed E-state index contributed by atoms with van der Waals surface area (Å²) in [7, 11) is 0. The topological polar surface area (TPSA) is 0 Å². The number of alkyl halides is 6. The van der Waals surface area contributed by atoms with Crippen molar-refractivity contribution in [1.29, 1.82) is 0 Å². The molecule has 10 heavy (non-hydrogen) atoms. The highest BCUT2D eigenvalue weighted by Gasteiger charge is 2.44. The Morgan fingerprint density at radius 1 is 0.800 bits per heavy atom. The fourth-order valence-corrected chi connectivity index (χ4v) is 1.45. The van der Waals surface area contributed by atoms with E-state index in [4.69, 9.17) is 69.6 Å². The molecule has 0 atom stereocenters. The van der Waals surface area contributed by atoms with Crippen LogP contribution >= 0.6 is 82.2 Å². The molecule has 0 nitrogen and oxygen atoms in total. The summed E-state index contributed by atoms with van der Waals surface area (Å²) in [5.74, 6) is 0. The molecule has 0 aliphatic rings. The van der Waals surface area contributed by atoms with Gasteiger partial charge in [0, 0.05) is 0 Å². The van der Waals surface area contributed by atoms with Gasteiger partial charge in [0.15, 0.2) is 0 Å². The predicted molar refractivity (Wildman–Crippen MR) is 52.8 cm³/mol. The van der Waals surface area contributed by atoms with Crippen LogP contribution in [0.5, 0.6) is 0 Å². The lowest BCUT2D eigenvalue weighted by Gasteiger charge is -2.24. The Morgan fingerprint density at radius 3 is 1.00 bits per heavy atom. The van der Waals surface area contributed by atoms with Crippen LogP contribution in [0.4, 0.5) is 0 Å². The second-order valence-electron chi connectivity index (χ2n) is 1.34. The minimum Gasteiger partial charge on any atom is -0.162 e. The lowest BCUT2D eigenvalue weighted by atomic mass is 10.5. The molecule has 0 aliphatic carbocycles. The fourth-order valence-electron chi connectivity index (χ4n) is 0.161. The van der Waals surface area contributed by atoms with Gasteiger partial charge in [-0.05, 0) is 0 Å². The van der Waals surface area contributed by atoms with Gasteiger partial charge < -0.3 is 0 Å². The smallest absolute Gasteiger partial charge is 0.162 e. The van der Waals surface area contributed by atoms with E-state index in [9.17, 15) is 0 Å². The van der Waals surface area contributed by atoms with Gasteiger partial charge in [0.1, 0.15) is 5.25 Å². The third-order valence-corrected chi connectivity index (χ3v) is 3.13. The molecule has 0 N–H and O–H groups in total. The summed E-state index contributed by atoms with van der Waals surface area (Å²) in [6, 6.07) is 0. The second kappa shape index (κ2) is 3.87. The van der Waals surface area contributed by atoms with Crippen molar-refractivity contribution < 1.29 is 0 Å². The molecule has 0 saturated heterocycles. The van der Waals surface area contributed by atoms with Gasteiger partial charge in [-0.3, -0.25) is 0 Å². The van der Waals surface area contributed by atoms with Crippen molar-refractivity contribution in [1.82, 2.24) is 0 Å². The normalized spacial score (nSPS) is 14.4. The average molecular weight is 282 g/mol. The zero-order valence-electron chi connectivity index (χ0n) is 4.22. The number of rotatable bonds is 0. The van der Waals surface area contributed by atoms with E-state index >= 15 is 0 Å². The molecule has 0 fully saturated rings. The summed E-state index contributed by atoms with van der Waals surface area (Å²) in [6.45, 7) is 0. The van der Waals surface area contributed by atoms with Gasteiger partial charge in [-0.2, -0.15) is 12.6 Å². The predicted octanol–water partition coefficient (Wildman–Crippen LogP) is 4.19. The van der Waals surface area contributed by atoms with Crippen molar-refractivity contribution in [2.45, 2.75) is 7.59 Å². The second-order valence-corrected chi connectivity index (χ2v) is 6.35. The largest absolute Gasteiger partial charge is 0.210 e. The van der Waals surface area contributed by atoms with Gasteiger partial charge in [0.05, 0.1) is 0 Å². The SMILES string of the molecule is S[C](C(Cl)(Cl)Cl)C(Cl)(Cl)Cl. The summed E-state index contributed by atoms with van der Waals surface area (Å²) in [5, 5.41) is -0.144. The Balaban J connectivity index is 4.23. The third-order valence-electron chi connectivity index (χ3n) is 0.537. The molecule has 1 radical (unpaired) electrons. The minimum absolute atomic E-state index is 0.144. The van der Waals surface area contributed by atoms with Crippen molar-refractivity contribution in [2.75, 3.05) is 0 Å². The highest BCUT2D eigenvalue weighted by atomic mass is 35.6. The van der Waals surface area contributed by atoms with Crippen molar-refractivity contribution in [2.24, 2.45) is 0 Å². The molecule has 0 aromatic carbocycles. The van der Waals surface area contributed by atoms with Crippen LogP contribution in [-0.4, -0.2) is 7.59 Å². The van der Waals surface area contributed by atoms with Crippen LogP contribution in [0.15, 0.2) is 0 Å². The Labute approximate surface area is 94.4 Å². The Morgan fingerprint density at radius 2 is 1.00 bits per heavy atom. The molecule has 0 bridgehead atoms. The van der Waals surface area contributed by atoms with Crippen molar-refractivity contribution in [3.8, 4) is 0 Å². The van der Waals surface area contributed by atoms with Gasteiger partial charge in [-0.25, -0.2) is 0 Å². The molecule has 0 aromatic rings. The number of hydrogen-bond donors (Lipinski definition) is 1. The van der Waals surface area contributed by atoms with Gasteiger partial charge in [0.2, 0.25) is 7.59 Å². The minimum atomic E-state index is -1.76. The zero-order chi connectivity index (χ0) is 8.58. The summed E-state index contributed by atoms with van der Waals surface area (Å²) in [6.07, 6.45) is 0. The van der Waals surface area contributed by atoms with E-state index in [0.29, 0.717) is 0 Å². The van der Waals surface area contributed by atoms with E-state index in [0.717, 1.165) is 0 Å². The number of hydrogen-bond acceptors (Lipinski definition) is 1. The molecule has 7 heteroatoms. The molecule has 0 heterocycles. The van der Waals surface area contributed by atoms with Crippen LogP contribution in [0.25, 0.3) is 0 Å². The van der Waals surface area contributed by atoms with Gasteiger partial charge in [-0.15, -0.1) is 0 Å². The first-order chi connectivity index (χ1) is 4.15. The van der Waals surface area contributed by atoms with Crippen LogP contribution in [0.2, 0.25) is 0 Å². The Hall–Kier alpha value is 2.09. The van der Waals surface area contributed by atoms with E-state index in [1.54, 1.807) is 0 Å². The fraction of sp³-hybridized carbons (Fsp3) is 0.667. The molecule has 61 valence electrons. The number of halogens is 6. The Kier molecular flexibility index (Phi) is 4.67. The summed E-state index contributed by atoms with van der Waals surface area (Å²) >= 11 is 35.7. The molecule has 0 aliphatic heterocycles. The maximum atomic E-state index is 5.33. The highest BCUT2D eigenvalue weighted by Crippen LogP contribution is 2.51.